The highest BCUT2D eigenvalue weighted by Crippen LogP contribution is 2.26. The highest BCUT2D eigenvalue weighted by molar-refractivity contribution is 9.10. The molecule has 0 saturated carbocycles. The molecule has 1 aromatic heterocycles. The molecule has 1 N–H and O–H groups in total. The van der Waals surface area contributed by atoms with Crippen molar-refractivity contribution in [2.24, 2.45) is 0 Å². The third kappa shape index (κ3) is 3.53. The van der Waals surface area contributed by atoms with Crippen LogP contribution in [-0.2, 0) is 11.3 Å². The molecule has 0 radical (unpaired) electrons. The number of nitrogens with one attached hydrogen (secondary N) is 1. The van der Waals surface area contributed by atoms with E-state index in [9.17, 15) is 0 Å². The van der Waals surface area contributed by atoms with Gasteiger partial charge in [-0.2, -0.15) is 5.10 Å². The number of aromatic nitrogens is 2. The van der Waals surface area contributed by atoms with E-state index in [0.29, 0.717) is 0 Å². The zero-order chi connectivity index (χ0) is 12.8. The van der Waals surface area contributed by atoms with Crippen molar-refractivity contribution in [2.75, 3.05) is 13.7 Å². The lowest BCUT2D eigenvalue weighted by atomic mass is 10.1. The van der Waals surface area contributed by atoms with E-state index in [0.717, 1.165) is 29.7 Å². The van der Waals surface area contributed by atoms with Gasteiger partial charge in [-0.3, -0.25) is 4.68 Å². The smallest absolute Gasteiger partial charge is 0.0764 e. The van der Waals surface area contributed by atoms with Crippen LogP contribution in [0.25, 0.3) is 0 Å². The number of rotatable bonds is 7. The van der Waals surface area contributed by atoms with Crippen LogP contribution in [0, 0.1) is 0 Å². The summed E-state index contributed by atoms with van der Waals surface area (Å²) < 4.78 is 8.76. The van der Waals surface area contributed by atoms with Crippen molar-refractivity contribution < 1.29 is 4.74 Å². The van der Waals surface area contributed by atoms with Crippen molar-refractivity contribution in [2.45, 2.75) is 45.9 Å². The van der Waals surface area contributed by atoms with E-state index in [1.807, 2.05) is 24.9 Å². The van der Waals surface area contributed by atoms with Crippen molar-refractivity contribution in [1.29, 1.82) is 0 Å². The molecule has 0 fully saturated rings. The highest BCUT2D eigenvalue weighted by Gasteiger charge is 2.24. The van der Waals surface area contributed by atoms with Crippen LogP contribution >= 0.6 is 15.9 Å². The molecule has 98 valence electrons. The molecule has 1 aromatic rings. The molecule has 0 aliphatic heterocycles. The van der Waals surface area contributed by atoms with Gasteiger partial charge in [-0.25, -0.2) is 0 Å². The number of likely N-dealkylation sites (N-methyl/N-ethyl adjacent to an activating group) is 1. The topological polar surface area (TPSA) is 39.1 Å². The van der Waals surface area contributed by atoms with Crippen molar-refractivity contribution in [3.05, 3.63) is 16.4 Å². The van der Waals surface area contributed by atoms with Crippen LogP contribution in [0.4, 0.5) is 0 Å². The van der Waals surface area contributed by atoms with E-state index >= 15 is 0 Å². The van der Waals surface area contributed by atoms with Gasteiger partial charge in [0.15, 0.2) is 0 Å². The minimum Gasteiger partial charge on any atom is -0.377 e. The van der Waals surface area contributed by atoms with Crippen LogP contribution in [0.5, 0.6) is 0 Å². The van der Waals surface area contributed by atoms with Gasteiger partial charge in [0.1, 0.15) is 0 Å². The number of hydrogen-bond acceptors (Lipinski definition) is 3. The van der Waals surface area contributed by atoms with Crippen molar-refractivity contribution in [1.82, 2.24) is 15.1 Å². The molecule has 0 spiro atoms. The quantitative estimate of drug-likeness (QED) is 0.842. The van der Waals surface area contributed by atoms with Crippen LogP contribution in [0.15, 0.2) is 10.7 Å². The van der Waals surface area contributed by atoms with Gasteiger partial charge >= 0.3 is 0 Å². The van der Waals surface area contributed by atoms with Gasteiger partial charge in [0.25, 0.3) is 0 Å². The molecule has 0 aliphatic rings. The Morgan fingerprint density at radius 3 is 2.76 bits per heavy atom. The lowest BCUT2D eigenvalue weighted by Gasteiger charge is -2.24. The van der Waals surface area contributed by atoms with Crippen molar-refractivity contribution in [3.8, 4) is 0 Å². The van der Waals surface area contributed by atoms with Crippen LogP contribution in [-0.4, -0.2) is 29.5 Å². The summed E-state index contributed by atoms with van der Waals surface area (Å²) in [5.74, 6) is 0. The normalized spacial score (nSPS) is 14.9. The van der Waals surface area contributed by atoms with Gasteiger partial charge in [-0.05, 0) is 43.2 Å². The predicted molar refractivity (Wildman–Crippen MR) is 73.1 cm³/mol. The monoisotopic (exact) mass is 303 g/mol. The fourth-order valence-corrected chi connectivity index (χ4v) is 2.57. The summed E-state index contributed by atoms with van der Waals surface area (Å²) in [5.41, 5.74) is 1.16. The molecule has 0 aromatic carbocycles. The Labute approximate surface area is 112 Å². The van der Waals surface area contributed by atoms with Gasteiger partial charge < -0.3 is 10.1 Å². The average Bonchev–Trinajstić information content (AvgIpc) is 2.64. The van der Waals surface area contributed by atoms with E-state index < -0.39 is 0 Å². The Morgan fingerprint density at radius 2 is 2.24 bits per heavy atom. The lowest BCUT2D eigenvalue weighted by molar-refractivity contribution is 0.0467. The molecule has 2 unspecified atom stereocenters. The molecular weight excluding hydrogens is 282 g/mol. The van der Waals surface area contributed by atoms with Crippen molar-refractivity contribution in [3.63, 3.8) is 0 Å². The van der Waals surface area contributed by atoms with Crippen molar-refractivity contribution >= 4 is 15.9 Å². The maximum atomic E-state index is 5.68. The molecule has 17 heavy (non-hydrogen) atoms. The van der Waals surface area contributed by atoms with Gasteiger partial charge in [-0.15, -0.1) is 0 Å². The zero-order valence-electron chi connectivity index (χ0n) is 11.0. The van der Waals surface area contributed by atoms with E-state index in [1.165, 1.54) is 0 Å². The average molecular weight is 304 g/mol. The first-order valence-electron chi connectivity index (χ1n) is 6.15. The summed E-state index contributed by atoms with van der Waals surface area (Å²) in [5, 5.41) is 7.70. The second kappa shape index (κ2) is 7.13. The standard InChI is InChI=1S/C12H22BrN3O/c1-5-7-16-12(10(13)8-15-16)11(14-4)9(3)17-6-2/h8-9,11,14H,5-7H2,1-4H3. The number of ether oxygens (including phenoxy) is 1. The maximum absolute atomic E-state index is 5.68. The van der Waals surface area contributed by atoms with Gasteiger partial charge in [-0.1, -0.05) is 6.92 Å². The van der Waals surface area contributed by atoms with Crippen LogP contribution in [0.2, 0.25) is 0 Å². The fraction of sp³-hybridized carbons (Fsp3) is 0.750. The summed E-state index contributed by atoms with van der Waals surface area (Å²) >= 11 is 3.57. The summed E-state index contributed by atoms with van der Waals surface area (Å²) in [6.45, 7) is 7.90. The largest absolute Gasteiger partial charge is 0.377 e. The first-order valence-corrected chi connectivity index (χ1v) is 6.95. The zero-order valence-corrected chi connectivity index (χ0v) is 12.6. The lowest BCUT2D eigenvalue weighted by Crippen LogP contribution is -2.32. The Hall–Kier alpha value is -0.390. The molecule has 2 atom stereocenters. The first kappa shape index (κ1) is 14.7. The summed E-state index contributed by atoms with van der Waals surface area (Å²) in [7, 11) is 1.95. The number of halogens is 1. The third-order valence-electron chi connectivity index (χ3n) is 2.77. The summed E-state index contributed by atoms with van der Waals surface area (Å²) in [6, 6.07) is 0.151. The van der Waals surface area contributed by atoms with E-state index in [-0.39, 0.29) is 12.1 Å². The minimum atomic E-state index is 0.119. The van der Waals surface area contributed by atoms with Crippen LogP contribution in [0.1, 0.15) is 38.9 Å². The molecule has 1 heterocycles. The van der Waals surface area contributed by atoms with Crippen LogP contribution < -0.4 is 5.32 Å². The van der Waals surface area contributed by atoms with Gasteiger partial charge in [0.2, 0.25) is 0 Å². The minimum absolute atomic E-state index is 0.119. The molecule has 0 aliphatic carbocycles. The molecule has 4 nitrogen and oxygen atoms in total. The second-order valence-electron chi connectivity index (χ2n) is 4.03. The van der Waals surface area contributed by atoms with E-state index in [1.54, 1.807) is 0 Å². The highest BCUT2D eigenvalue weighted by atomic mass is 79.9. The molecule has 1 rings (SSSR count). The van der Waals surface area contributed by atoms with E-state index in [2.05, 4.69) is 40.2 Å². The molecule has 0 bridgehead atoms. The summed E-state index contributed by atoms with van der Waals surface area (Å²) in [6.07, 6.45) is 3.04. The van der Waals surface area contributed by atoms with E-state index in [4.69, 9.17) is 4.74 Å². The predicted octanol–water partition coefficient (Wildman–Crippen LogP) is 2.74. The molecular formula is C12H22BrN3O. The SMILES string of the molecule is CCCn1ncc(Br)c1C(NC)C(C)OCC. The Kier molecular flexibility index (Phi) is 6.16. The summed E-state index contributed by atoms with van der Waals surface area (Å²) in [4.78, 5) is 0. The maximum Gasteiger partial charge on any atom is 0.0764 e. The number of hydrogen-bond donors (Lipinski definition) is 1. The molecule has 0 saturated heterocycles. The molecule has 0 amide bonds. The van der Waals surface area contributed by atoms with Crippen LogP contribution in [0.3, 0.4) is 0 Å². The first-order chi connectivity index (χ1) is 8.15. The third-order valence-corrected chi connectivity index (χ3v) is 3.38. The van der Waals surface area contributed by atoms with Gasteiger partial charge in [0, 0.05) is 13.2 Å². The Balaban J connectivity index is 2.97. The Bertz CT molecular complexity index is 340. The number of nitrogens with zero attached hydrogens (tertiary/aromatic N) is 2. The second-order valence-corrected chi connectivity index (χ2v) is 4.88. The fourth-order valence-electron chi connectivity index (χ4n) is 2.02. The molecule has 5 heteroatoms. The van der Waals surface area contributed by atoms with Gasteiger partial charge in [0.05, 0.1) is 28.5 Å². The Morgan fingerprint density at radius 1 is 1.53 bits per heavy atom. The number of aryl methyl sites for hydroxylation is 1.